The number of alkyl halides is 3. The third-order valence-corrected chi connectivity index (χ3v) is 3.89. The number of amides is 1. The van der Waals surface area contributed by atoms with Gasteiger partial charge in [0.15, 0.2) is 5.11 Å². The second-order valence-electron chi connectivity index (χ2n) is 5.47. The highest BCUT2D eigenvalue weighted by Crippen LogP contribution is 2.33. The number of carbonyl (C=O) groups excluding carboxylic acids is 1. The lowest BCUT2D eigenvalue weighted by Crippen LogP contribution is -2.34. The highest BCUT2D eigenvalue weighted by Gasteiger charge is 2.31. The van der Waals surface area contributed by atoms with Gasteiger partial charge in [-0.25, -0.2) is 0 Å². The zero-order valence-corrected chi connectivity index (χ0v) is 15.8. The van der Waals surface area contributed by atoms with Crippen LogP contribution >= 0.6 is 23.8 Å². The van der Waals surface area contributed by atoms with Crippen LogP contribution < -0.4 is 15.4 Å². The minimum absolute atomic E-state index is 0.0389. The summed E-state index contributed by atoms with van der Waals surface area (Å²) in [4.78, 5) is 12.2. The third-order valence-electron chi connectivity index (χ3n) is 3.36. The predicted molar refractivity (Wildman–Crippen MR) is 102 cm³/mol. The monoisotopic (exact) mass is 416 g/mol. The zero-order valence-electron chi connectivity index (χ0n) is 14.2. The van der Waals surface area contributed by atoms with Crippen molar-refractivity contribution in [2.75, 3.05) is 11.9 Å². The van der Waals surface area contributed by atoms with Crippen molar-refractivity contribution in [1.82, 2.24) is 5.32 Å². The molecule has 0 saturated carbocycles. The summed E-state index contributed by atoms with van der Waals surface area (Å²) in [6.45, 7) is 2.55. The second kappa shape index (κ2) is 9.05. The van der Waals surface area contributed by atoms with E-state index in [1.807, 2.05) is 6.92 Å². The molecule has 0 aromatic heterocycles. The highest BCUT2D eigenvalue weighted by molar-refractivity contribution is 7.80. The van der Waals surface area contributed by atoms with E-state index in [-0.39, 0.29) is 15.8 Å². The molecule has 9 heteroatoms. The Morgan fingerprint density at radius 3 is 2.44 bits per heavy atom. The smallest absolute Gasteiger partial charge is 0.416 e. The molecule has 0 aliphatic rings. The number of carbonyl (C=O) groups is 1. The van der Waals surface area contributed by atoms with Crippen molar-refractivity contribution < 1.29 is 22.7 Å². The van der Waals surface area contributed by atoms with E-state index >= 15 is 0 Å². The first-order valence-corrected chi connectivity index (χ1v) is 8.71. The molecule has 0 saturated heterocycles. The van der Waals surface area contributed by atoms with E-state index in [4.69, 9.17) is 28.6 Å². The lowest BCUT2D eigenvalue weighted by Gasteiger charge is -2.13. The van der Waals surface area contributed by atoms with Crippen LogP contribution in [0.2, 0.25) is 5.02 Å². The van der Waals surface area contributed by atoms with Gasteiger partial charge < -0.3 is 10.1 Å². The molecule has 144 valence electrons. The molecule has 0 atom stereocenters. The van der Waals surface area contributed by atoms with Crippen LogP contribution in [0.5, 0.6) is 5.75 Å². The Morgan fingerprint density at radius 2 is 1.85 bits per heavy atom. The van der Waals surface area contributed by atoms with Crippen molar-refractivity contribution >= 4 is 40.5 Å². The quantitative estimate of drug-likeness (QED) is 0.651. The first kappa shape index (κ1) is 21.0. The Morgan fingerprint density at radius 1 is 1.19 bits per heavy atom. The van der Waals surface area contributed by atoms with Crippen molar-refractivity contribution in [2.45, 2.75) is 19.5 Å². The van der Waals surface area contributed by atoms with Gasteiger partial charge in [-0.15, -0.1) is 0 Å². The van der Waals surface area contributed by atoms with Crippen molar-refractivity contribution in [3.05, 3.63) is 58.6 Å². The van der Waals surface area contributed by atoms with Crippen LogP contribution in [0.25, 0.3) is 0 Å². The maximum Gasteiger partial charge on any atom is 0.416 e. The van der Waals surface area contributed by atoms with E-state index in [2.05, 4.69) is 10.6 Å². The van der Waals surface area contributed by atoms with Gasteiger partial charge in [0.2, 0.25) is 0 Å². The number of rotatable bonds is 5. The zero-order chi connectivity index (χ0) is 20.0. The Labute approximate surface area is 164 Å². The van der Waals surface area contributed by atoms with Crippen LogP contribution in [-0.2, 0) is 6.18 Å². The van der Waals surface area contributed by atoms with Gasteiger partial charge in [0.1, 0.15) is 5.75 Å². The van der Waals surface area contributed by atoms with Gasteiger partial charge in [-0.2, -0.15) is 13.2 Å². The van der Waals surface area contributed by atoms with E-state index in [0.29, 0.717) is 17.9 Å². The molecule has 0 heterocycles. The summed E-state index contributed by atoms with van der Waals surface area (Å²) in [6, 6.07) is 9.18. The van der Waals surface area contributed by atoms with Gasteiger partial charge in [-0.3, -0.25) is 10.1 Å². The van der Waals surface area contributed by atoms with Gasteiger partial charge in [-0.1, -0.05) is 18.5 Å². The SMILES string of the molecule is CCCOc1ccc(C(=O)NC(=S)Nc2cc(C(F)(F)F)ccc2Cl)cc1. The van der Waals surface area contributed by atoms with Crippen molar-refractivity contribution in [2.24, 2.45) is 0 Å². The van der Waals surface area contributed by atoms with Gasteiger partial charge in [0.05, 0.1) is 22.9 Å². The number of anilines is 1. The average molecular weight is 417 g/mol. The van der Waals surface area contributed by atoms with Crippen molar-refractivity contribution in [3.8, 4) is 5.75 Å². The molecule has 0 fully saturated rings. The lowest BCUT2D eigenvalue weighted by molar-refractivity contribution is -0.137. The van der Waals surface area contributed by atoms with Crippen LogP contribution in [0, 0.1) is 0 Å². The molecule has 4 nitrogen and oxygen atoms in total. The molecule has 27 heavy (non-hydrogen) atoms. The van der Waals surface area contributed by atoms with Gasteiger partial charge in [0, 0.05) is 5.56 Å². The molecule has 0 radical (unpaired) electrons. The average Bonchev–Trinajstić information content (AvgIpc) is 2.61. The van der Waals surface area contributed by atoms with Gasteiger partial charge >= 0.3 is 6.18 Å². The number of hydrogen-bond acceptors (Lipinski definition) is 3. The second-order valence-corrected chi connectivity index (χ2v) is 6.29. The lowest BCUT2D eigenvalue weighted by atomic mass is 10.2. The Balaban J connectivity index is 2.02. The van der Waals surface area contributed by atoms with E-state index in [9.17, 15) is 18.0 Å². The van der Waals surface area contributed by atoms with Gasteiger partial charge in [0.25, 0.3) is 5.91 Å². The molecule has 2 N–H and O–H groups in total. The summed E-state index contributed by atoms with van der Waals surface area (Å²) >= 11 is 10.9. The molecular weight excluding hydrogens is 401 g/mol. The molecule has 2 aromatic carbocycles. The summed E-state index contributed by atoms with van der Waals surface area (Å²) in [5.74, 6) is 0.113. The summed E-state index contributed by atoms with van der Waals surface area (Å²) in [6.07, 6.45) is -3.66. The van der Waals surface area contributed by atoms with E-state index in [0.717, 1.165) is 24.6 Å². The Hall–Kier alpha value is -2.32. The largest absolute Gasteiger partial charge is 0.494 e. The number of nitrogens with one attached hydrogen (secondary N) is 2. The summed E-state index contributed by atoms with van der Waals surface area (Å²) < 4.78 is 43.8. The van der Waals surface area contributed by atoms with Crippen LogP contribution in [0.1, 0.15) is 29.3 Å². The molecule has 2 rings (SSSR count). The molecular formula is C18H16ClF3N2O2S. The molecule has 0 bridgehead atoms. The Kier molecular flexibility index (Phi) is 7.04. The van der Waals surface area contributed by atoms with E-state index in [1.54, 1.807) is 24.3 Å². The molecule has 0 spiro atoms. The molecule has 0 aliphatic heterocycles. The Bertz CT molecular complexity index is 826. The molecule has 2 aromatic rings. The highest BCUT2D eigenvalue weighted by atomic mass is 35.5. The van der Waals surface area contributed by atoms with Crippen LogP contribution in [-0.4, -0.2) is 17.6 Å². The number of benzene rings is 2. The predicted octanol–water partition coefficient (Wildman–Crippen LogP) is 5.27. The van der Waals surface area contributed by atoms with Gasteiger partial charge in [-0.05, 0) is 61.1 Å². The fourth-order valence-electron chi connectivity index (χ4n) is 2.05. The fourth-order valence-corrected chi connectivity index (χ4v) is 2.42. The summed E-state index contributed by atoms with van der Waals surface area (Å²) in [5, 5.41) is 4.76. The third kappa shape index (κ3) is 6.11. The first-order chi connectivity index (χ1) is 12.7. The number of halogens is 4. The normalized spacial score (nSPS) is 11.0. The van der Waals surface area contributed by atoms with Crippen LogP contribution in [0.4, 0.5) is 18.9 Å². The molecule has 1 amide bonds. The van der Waals surface area contributed by atoms with E-state index < -0.39 is 17.6 Å². The van der Waals surface area contributed by atoms with Crippen molar-refractivity contribution in [3.63, 3.8) is 0 Å². The molecule has 0 unspecified atom stereocenters. The number of thiocarbonyl (C=S) groups is 1. The molecule has 0 aliphatic carbocycles. The van der Waals surface area contributed by atoms with E-state index in [1.165, 1.54) is 0 Å². The number of ether oxygens (including phenoxy) is 1. The summed E-state index contributed by atoms with van der Waals surface area (Å²) in [7, 11) is 0. The van der Waals surface area contributed by atoms with Crippen LogP contribution in [0.3, 0.4) is 0 Å². The minimum atomic E-state index is -4.52. The van der Waals surface area contributed by atoms with Crippen LogP contribution in [0.15, 0.2) is 42.5 Å². The summed E-state index contributed by atoms with van der Waals surface area (Å²) in [5.41, 5.74) is -0.621. The maximum absolute atomic E-state index is 12.8. The standard InChI is InChI=1S/C18H16ClF3N2O2S/c1-2-9-26-13-6-3-11(4-7-13)16(25)24-17(27)23-15-10-12(18(20,21)22)5-8-14(15)19/h3-8,10H,2,9H2,1H3,(H2,23,24,25,27). The van der Waals surface area contributed by atoms with Crippen molar-refractivity contribution in [1.29, 1.82) is 0 Å². The first-order valence-electron chi connectivity index (χ1n) is 7.92. The topological polar surface area (TPSA) is 50.4 Å². The number of hydrogen-bond donors (Lipinski definition) is 2. The minimum Gasteiger partial charge on any atom is -0.494 e. The maximum atomic E-state index is 12.8. The fraction of sp³-hybridized carbons (Fsp3) is 0.222.